The number of nitrogens with two attached hydrogens (primary N) is 1. The minimum atomic E-state index is -0.0959. The van der Waals surface area contributed by atoms with Crippen LogP contribution >= 0.6 is 27.5 Å². The number of benzene rings is 2. The van der Waals surface area contributed by atoms with Crippen LogP contribution in [0.4, 0.5) is 0 Å². The molecule has 0 saturated heterocycles. The Labute approximate surface area is 139 Å². The van der Waals surface area contributed by atoms with Crippen LogP contribution in [-0.2, 0) is 6.42 Å². The number of hydrogen-bond acceptors (Lipinski definition) is 2. The fourth-order valence-electron chi connectivity index (χ4n) is 2.10. The minimum absolute atomic E-state index is 0.0959. The third-order valence-electron chi connectivity index (χ3n) is 3.24. The first-order valence-corrected chi connectivity index (χ1v) is 8.20. The van der Waals surface area contributed by atoms with Crippen LogP contribution in [0.3, 0.4) is 0 Å². The van der Waals surface area contributed by atoms with Crippen LogP contribution in [0.25, 0.3) is 0 Å². The molecule has 0 aliphatic heterocycles. The second-order valence-electron chi connectivity index (χ2n) is 4.94. The van der Waals surface area contributed by atoms with Crippen LogP contribution < -0.4 is 10.5 Å². The van der Waals surface area contributed by atoms with Crippen molar-refractivity contribution in [2.45, 2.75) is 25.8 Å². The molecule has 1 unspecified atom stereocenters. The van der Waals surface area contributed by atoms with Gasteiger partial charge in [-0.25, -0.2) is 0 Å². The molecule has 1 atom stereocenters. The fourth-order valence-corrected chi connectivity index (χ4v) is 2.82. The predicted octanol–water partition coefficient (Wildman–Crippen LogP) is 5.13. The van der Waals surface area contributed by atoms with Crippen molar-refractivity contribution >= 4 is 27.5 Å². The van der Waals surface area contributed by atoms with Gasteiger partial charge < -0.3 is 10.5 Å². The zero-order chi connectivity index (χ0) is 15.2. The summed E-state index contributed by atoms with van der Waals surface area (Å²) in [5, 5.41) is 0.759. The monoisotopic (exact) mass is 367 g/mol. The quantitative estimate of drug-likeness (QED) is 0.766. The maximum absolute atomic E-state index is 6.29. The maximum Gasteiger partial charge on any atom is 0.133 e. The molecule has 0 heterocycles. The van der Waals surface area contributed by atoms with Crippen LogP contribution in [0.1, 0.15) is 30.5 Å². The van der Waals surface area contributed by atoms with Crippen molar-refractivity contribution in [1.29, 1.82) is 0 Å². The molecule has 21 heavy (non-hydrogen) atoms. The first-order chi connectivity index (χ1) is 10.1. The number of ether oxygens (including phenoxy) is 1. The van der Waals surface area contributed by atoms with Crippen molar-refractivity contribution in [3.63, 3.8) is 0 Å². The van der Waals surface area contributed by atoms with Crippen LogP contribution in [-0.4, -0.2) is 6.61 Å². The molecular formula is C17H19BrClNO. The smallest absolute Gasteiger partial charge is 0.133 e. The second kappa shape index (κ2) is 7.83. The Morgan fingerprint density at radius 3 is 2.67 bits per heavy atom. The van der Waals surface area contributed by atoms with E-state index >= 15 is 0 Å². The third-order valence-corrected chi connectivity index (χ3v) is 4.23. The zero-order valence-corrected chi connectivity index (χ0v) is 14.3. The van der Waals surface area contributed by atoms with Crippen molar-refractivity contribution in [3.8, 4) is 5.75 Å². The van der Waals surface area contributed by atoms with E-state index in [0.29, 0.717) is 13.0 Å². The van der Waals surface area contributed by atoms with E-state index in [1.807, 2.05) is 42.5 Å². The molecule has 0 spiro atoms. The van der Waals surface area contributed by atoms with Gasteiger partial charge in [-0.2, -0.15) is 0 Å². The third kappa shape index (κ3) is 4.47. The molecule has 2 nitrogen and oxygen atoms in total. The summed E-state index contributed by atoms with van der Waals surface area (Å²) in [5.41, 5.74) is 8.42. The van der Waals surface area contributed by atoms with E-state index in [1.54, 1.807) is 0 Å². The van der Waals surface area contributed by atoms with E-state index in [-0.39, 0.29) is 6.04 Å². The van der Waals surface area contributed by atoms with Gasteiger partial charge in [0.15, 0.2) is 0 Å². The zero-order valence-electron chi connectivity index (χ0n) is 12.0. The molecule has 2 N–H and O–H groups in total. The molecule has 0 aliphatic carbocycles. The van der Waals surface area contributed by atoms with Gasteiger partial charge in [0, 0.05) is 11.1 Å². The molecule has 0 aromatic heterocycles. The summed E-state index contributed by atoms with van der Waals surface area (Å²) in [4.78, 5) is 0. The van der Waals surface area contributed by atoms with E-state index in [0.717, 1.165) is 32.8 Å². The summed E-state index contributed by atoms with van der Waals surface area (Å²) in [6, 6.07) is 13.7. The van der Waals surface area contributed by atoms with Gasteiger partial charge in [-0.1, -0.05) is 42.8 Å². The summed E-state index contributed by atoms with van der Waals surface area (Å²) in [6.45, 7) is 2.80. The number of hydrogen-bond donors (Lipinski definition) is 1. The topological polar surface area (TPSA) is 35.2 Å². The van der Waals surface area contributed by atoms with Gasteiger partial charge in [0.25, 0.3) is 0 Å². The van der Waals surface area contributed by atoms with Crippen molar-refractivity contribution < 1.29 is 4.74 Å². The molecule has 2 aromatic carbocycles. The predicted molar refractivity (Wildman–Crippen MR) is 92.0 cm³/mol. The van der Waals surface area contributed by atoms with Crippen LogP contribution in [0.5, 0.6) is 5.75 Å². The highest BCUT2D eigenvalue weighted by Crippen LogP contribution is 2.29. The Kier molecular flexibility index (Phi) is 6.09. The average Bonchev–Trinajstić information content (AvgIpc) is 2.48. The van der Waals surface area contributed by atoms with Crippen LogP contribution in [0.2, 0.25) is 5.02 Å². The fraction of sp³-hybridized carbons (Fsp3) is 0.294. The largest absolute Gasteiger partial charge is 0.492 e. The Morgan fingerprint density at radius 1 is 1.24 bits per heavy atom. The number of halogens is 2. The first-order valence-electron chi connectivity index (χ1n) is 7.03. The SMILES string of the molecule is CCCOc1ccc(C(N)Cc2ccccc2Cl)cc1Br. The Morgan fingerprint density at radius 2 is 2.00 bits per heavy atom. The molecule has 0 fully saturated rings. The highest BCUT2D eigenvalue weighted by Gasteiger charge is 2.11. The van der Waals surface area contributed by atoms with Gasteiger partial charge >= 0.3 is 0 Å². The van der Waals surface area contributed by atoms with Gasteiger partial charge in [0.05, 0.1) is 11.1 Å². The van der Waals surface area contributed by atoms with Gasteiger partial charge in [0.2, 0.25) is 0 Å². The lowest BCUT2D eigenvalue weighted by Crippen LogP contribution is -2.13. The van der Waals surface area contributed by atoms with Crippen molar-refractivity contribution in [3.05, 3.63) is 63.1 Å². The average molecular weight is 369 g/mol. The molecule has 2 rings (SSSR count). The molecule has 0 saturated carbocycles. The first kappa shape index (κ1) is 16.3. The van der Waals surface area contributed by atoms with Crippen LogP contribution in [0.15, 0.2) is 46.9 Å². The van der Waals surface area contributed by atoms with Gasteiger partial charge in [-0.15, -0.1) is 0 Å². The molecule has 2 aromatic rings. The highest BCUT2D eigenvalue weighted by atomic mass is 79.9. The summed E-state index contributed by atoms with van der Waals surface area (Å²) in [6.07, 6.45) is 1.70. The van der Waals surface area contributed by atoms with E-state index in [1.165, 1.54) is 0 Å². The Bertz CT molecular complexity index is 603. The maximum atomic E-state index is 6.29. The summed E-state index contributed by atoms with van der Waals surface area (Å²) in [7, 11) is 0. The molecule has 112 valence electrons. The van der Waals surface area contributed by atoms with E-state index in [9.17, 15) is 0 Å². The van der Waals surface area contributed by atoms with Crippen molar-refractivity contribution in [2.24, 2.45) is 5.73 Å². The Balaban J connectivity index is 2.11. The highest BCUT2D eigenvalue weighted by molar-refractivity contribution is 9.10. The second-order valence-corrected chi connectivity index (χ2v) is 6.20. The van der Waals surface area contributed by atoms with E-state index in [4.69, 9.17) is 22.1 Å². The lowest BCUT2D eigenvalue weighted by atomic mass is 9.99. The summed E-state index contributed by atoms with van der Waals surface area (Å²) >= 11 is 9.72. The molecule has 0 aliphatic rings. The van der Waals surface area contributed by atoms with Crippen molar-refractivity contribution in [1.82, 2.24) is 0 Å². The van der Waals surface area contributed by atoms with Gasteiger partial charge in [-0.05, 0) is 58.1 Å². The standard InChI is InChI=1S/C17H19BrClNO/c1-2-9-21-17-8-7-13(10-14(17)18)16(20)11-12-5-3-4-6-15(12)19/h3-8,10,16H,2,9,11,20H2,1H3. The number of rotatable bonds is 6. The van der Waals surface area contributed by atoms with Gasteiger partial charge in [-0.3, -0.25) is 0 Å². The van der Waals surface area contributed by atoms with Crippen molar-refractivity contribution in [2.75, 3.05) is 6.61 Å². The lowest BCUT2D eigenvalue weighted by Gasteiger charge is -2.15. The Hall–Kier alpha value is -1.03. The summed E-state index contributed by atoms with van der Waals surface area (Å²) < 4.78 is 6.58. The molecule has 4 heteroatoms. The van der Waals surface area contributed by atoms with Gasteiger partial charge in [0.1, 0.15) is 5.75 Å². The van der Waals surface area contributed by atoms with Crippen LogP contribution in [0, 0.1) is 0 Å². The molecular weight excluding hydrogens is 350 g/mol. The molecule has 0 amide bonds. The van der Waals surface area contributed by atoms with E-state index in [2.05, 4.69) is 22.9 Å². The minimum Gasteiger partial charge on any atom is -0.492 e. The molecule has 0 bridgehead atoms. The normalized spacial score (nSPS) is 12.2. The lowest BCUT2D eigenvalue weighted by molar-refractivity contribution is 0.315. The molecule has 0 radical (unpaired) electrons. The summed E-state index contributed by atoms with van der Waals surface area (Å²) in [5.74, 6) is 0.852. The van der Waals surface area contributed by atoms with E-state index < -0.39 is 0 Å².